The van der Waals surface area contributed by atoms with Crippen molar-refractivity contribution < 1.29 is 4.74 Å². The third kappa shape index (κ3) is 3.51. The molecule has 0 aromatic carbocycles. The molecule has 1 rings (SSSR count). The first-order valence-corrected chi connectivity index (χ1v) is 6.40. The predicted molar refractivity (Wildman–Crippen MR) is 60.3 cm³/mol. The van der Waals surface area contributed by atoms with Crippen LogP contribution >= 0.6 is 11.8 Å². The summed E-state index contributed by atoms with van der Waals surface area (Å²) in [5.41, 5.74) is 0. The summed E-state index contributed by atoms with van der Waals surface area (Å²) in [6.07, 6.45) is 3.20. The maximum Gasteiger partial charge on any atom is 0.0667 e. The van der Waals surface area contributed by atoms with Crippen LogP contribution in [-0.4, -0.2) is 23.7 Å². The zero-order chi connectivity index (χ0) is 10.4. The standard InChI is InChI=1S/C11H19NOS/c1-3-6-13-7-5-10-11(14-10)9(4-2)8-12/h9-11H,3-7H2,1-2H3. The van der Waals surface area contributed by atoms with Crippen LogP contribution in [0.5, 0.6) is 0 Å². The Hall–Kier alpha value is -0.200. The third-order valence-electron chi connectivity index (χ3n) is 2.52. The van der Waals surface area contributed by atoms with Gasteiger partial charge < -0.3 is 4.74 Å². The van der Waals surface area contributed by atoms with E-state index in [1.807, 2.05) is 11.8 Å². The van der Waals surface area contributed by atoms with Crippen LogP contribution in [0.1, 0.15) is 33.1 Å². The van der Waals surface area contributed by atoms with Gasteiger partial charge in [0.05, 0.1) is 12.0 Å². The Bertz CT molecular complexity index is 202. The average Bonchev–Trinajstić information content (AvgIpc) is 2.95. The SMILES string of the molecule is CCCOCCC1SC1C(C#N)CC. The average molecular weight is 213 g/mol. The van der Waals surface area contributed by atoms with Crippen LogP contribution in [0.25, 0.3) is 0 Å². The normalized spacial score (nSPS) is 26.9. The first kappa shape index (κ1) is 11.9. The number of hydrogen-bond donors (Lipinski definition) is 0. The Labute approximate surface area is 91.0 Å². The van der Waals surface area contributed by atoms with Gasteiger partial charge in [-0.25, -0.2) is 0 Å². The van der Waals surface area contributed by atoms with Crippen LogP contribution in [0.2, 0.25) is 0 Å². The molecule has 2 nitrogen and oxygen atoms in total. The van der Waals surface area contributed by atoms with Crippen molar-refractivity contribution in [2.75, 3.05) is 13.2 Å². The molecule has 1 aliphatic heterocycles. The molecule has 14 heavy (non-hydrogen) atoms. The number of thioether (sulfide) groups is 1. The Morgan fingerprint density at radius 2 is 2.21 bits per heavy atom. The van der Waals surface area contributed by atoms with Gasteiger partial charge >= 0.3 is 0 Å². The summed E-state index contributed by atoms with van der Waals surface area (Å²) >= 11 is 1.95. The van der Waals surface area contributed by atoms with Crippen LogP contribution < -0.4 is 0 Å². The zero-order valence-electron chi connectivity index (χ0n) is 9.03. The van der Waals surface area contributed by atoms with Gasteiger partial charge in [-0.3, -0.25) is 0 Å². The number of ether oxygens (including phenoxy) is 1. The van der Waals surface area contributed by atoms with Crippen LogP contribution in [-0.2, 0) is 4.74 Å². The lowest BCUT2D eigenvalue weighted by molar-refractivity contribution is 0.133. The largest absolute Gasteiger partial charge is 0.381 e. The minimum atomic E-state index is 0.260. The van der Waals surface area contributed by atoms with Crippen molar-refractivity contribution in [2.24, 2.45) is 5.92 Å². The Morgan fingerprint density at radius 3 is 2.79 bits per heavy atom. The van der Waals surface area contributed by atoms with E-state index < -0.39 is 0 Å². The van der Waals surface area contributed by atoms with Crippen molar-refractivity contribution in [2.45, 2.75) is 43.6 Å². The summed E-state index contributed by atoms with van der Waals surface area (Å²) in [5.74, 6) is 0.260. The molecule has 0 amide bonds. The summed E-state index contributed by atoms with van der Waals surface area (Å²) in [7, 11) is 0. The summed E-state index contributed by atoms with van der Waals surface area (Å²) in [6.45, 7) is 5.95. The van der Waals surface area contributed by atoms with E-state index in [2.05, 4.69) is 19.9 Å². The highest BCUT2D eigenvalue weighted by Gasteiger charge is 2.42. The van der Waals surface area contributed by atoms with E-state index in [-0.39, 0.29) is 5.92 Å². The van der Waals surface area contributed by atoms with Gasteiger partial charge in [0.25, 0.3) is 0 Å². The van der Waals surface area contributed by atoms with E-state index in [1.54, 1.807) is 0 Å². The monoisotopic (exact) mass is 213 g/mol. The molecule has 0 radical (unpaired) electrons. The molecule has 1 fully saturated rings. The van der Waals surface area contributed by atoms with Gasteiger partial charge in [-0.05, 0) is 19.3 Å². The van der Waals surface area contributed by atoms with Gasteiger partial charge in [-0.15, -0.1) is 0 Å². The summed E-state index contributed by atoms with van der Waals surface area (Å²) in [5, 5.41) is 10.2. The van der Waals surface area contributed by atoms with E-state index in [1.165, 1.54) is 0 Å². The molecule has 0 saturated carbocycles. The first-order chi connectivity index (χ1) is 6.83. The second-order valence-electron chi connectivity index (χ2n) is 3.68. The molecule has 0 aliphatic carbocycles. The highest BCUT2D eigenvalue weighted by atomic mass is 32.2. The summed E-state index contributed by atoms with van der Waals surface area (Å²) in [4.78, 5) is 0. The van der Waals surface area contributed by atoms with Crippen LogP contribution in [0.3, 0.4) is 0 Å². The molecule has 0 bridgehead atoms. The van der Waals surface area contributed by atoms with Gasteiger partial charge in [-0.1, -0.05) is 13.8 Å². The lowest BCUT2D eigenvalue weighted by Gasteiger charge is -2.03. The van der Waals surface area contributed by atoms with E-state index in [4.69, 9.17) is 10.00 Å². The first-order valence-electron chi connectivity index (χ1n) is 5.46. The fourth-order valence-electron chi connectivity index (χ4n) is 1.59. The van der Waals surface area contributed by atoms with Gasteiger partial charge in [0.2, 0.25) is 0 Å². The molecule has 0 N–H and O–H groups in total. The topological polar surface area (TPSA) is 33.0 Å². The molecule has 1 saturated heterocycles. The molecular weight excluding hydrogens is 194 g/mol. The van der Waals surface area contributed by atoms with Gasteiger partial charge in [-0.2, -0.15) is 17.0 Å². The van der Waals surface area contributed by atoms with Crippen LogP contribution in [0.4, 0.5) is 0 Å². The highest BCUT2D eigenvalue weighted by Crippen LogP contribution is 2.48. The number of rotatable bonds is 7. The second-order valence-corrected chi connectivity index (χ2v) is 5.11. The summed E-state index contributed by atoms with van der Waals surface area (Å²) in [6, 6.07) is 2.38. The van der Waals surface area contributed by atoms with Crippen molar-refractivity contribution in [1.29, 1.82) is 5.26 Å². The molecule has 1 aliphatic rings. The third-order valence-corrected chi connectivity index (χ3v) is 4.05. The zero-order valence-corrected chi connectivity index (χ0v) is 9.85. The number of hydrogen-bond acceptors (Lipinski definition) is 3. The maximum atomic E-state index is 8.87. The molecule has 3 heteroatoms. The quantitative estimate of drug-likeness (QED) is 0.481. The summed E-state index contributed by atoms with van der Waals surface area (Å²) < 4.78 is 5.43. The van der Waals surface area contributed by atoms with Crippen LogP contribution in [0.15, 0.2) is 0 Å². The van der Waals surface area contributed by atoms with Crippen molar-refractivity contribution in [3.8, 4) is 6.07 Å². The van der Waals surface area contributed by atoms with Gasteiger partial charge in [0.15, 0.2) is 0 Å². The van der Waals surface area contributed by atoms with Crippen molar-refractivity contribution in [3.05, 3.63) is 0 Å². The lowest BCUT2D eigenvalue weighted by Crippen LogP contribution is -2.09. The van der Waals surface area contributed by atoms with E-state index in [9.17, 15) is 0 Å². The molecule has 0 aromatic rings. The Morgan fingerprint density at radius 1 is 1.43 bits per heavy atom. The molecule has 80 valence electrons. The minimum absolute atomic E-state index is 0.260. The molecular formula is C11H19NOS. The Balaban J connectivity index is 2.05. The Kier molecular flexibility index (Phi) is 5.36. The second kappa shape index (κ2) is 6.31. The fraction of sp³-hybridized carbons (Fsp3) is 0.909. The molecule has 0 aromatic heterocycles. The number of nitrogens with zero attached hydrogens (tertiary/aromatic N) is 1. The van der Waals surface area contributed by atoms with Crippen molar-refractivity contribution >= 4 is 11.8 Å². The molecule has 0 spiro atoms. The van der Waals surface area contributed by atoms with E-state index in [0.717, 1.165) is 32.5 Å². The maximum absolute atomic E-state index is 8.87. The van der Waals surface area contributed by atoms with Gasteiger partial charge in [0.1, 0.15) is 0 Å². The number of nitriles is 1. The molecule has 1 heterocycles. The molecule has 3 unspecified atom stereocenters. The predicted octanol–water partition coefficient (Wildman–Crippen LogP) is 2.84. The minimum Gasteiger partial charge on any atom is -0.381 e. The smallest absolute Gasteiger partial charge is 0.0667 e. The van der Waals surface area contributed by atoms with Crippen molar-refractivity contribution in [3.63, 3.8) is 0 Å². The van der Waals surface area contributed by atoms with Crippen LogP contribution in [0, 0.1) is 17.2 Å². The van der Waals surface area contributed by atoms with Gasteiger partial charge in [0, 0.05) is 23.7 Å². The lowest BCUT2D eigenvalue weighted by atomic mass is 10.0. The molecule has 3 atom stereocenters. The fourth-order valence-corrected chi connectivity index (χ4v) is 2.90. The van der Waals surface area contributed by atoms with E-state index in [0.29, 0.717) is 10.5 Å². The van der Waals surface area contributed by atoms with E-state index >= 15 is 0 Å². The van der Waals surface area contributed by atoms with Crippen molar-refractivity contribution in [1.82, 2.24) is 0 Å². The highest BCUT2D eigenvalue weighted by molar-refractivity contribution is 8.07.